The second kappa shape index (κ2) is 4.73. The van der Waals surface area contributed by atoms with E-state index in [0.717, 1.165) is 5.56 Å². The van der Waals surface area contributed by atoms with Gasteiger partial charge in [0, 0.05) is 0 Å². The zero-order chi connectivity index (χ0) is 11.4. The van der Waals surface area contributed by atoms with Gasteiger partial charge in [-0.3, -0.25) is 4.79 Å². The summed E-state index contributed by atoms with van der Waals surface area (Å²) in [4.78, 5) is 10.7. The average molecular weight is 208 g/mol. The van der Waals surface area contributed by atoms with Crippen LogP contribution in [0.1, 0.15) is 18.1 Å². The van der Waals surface area contributed by atoms with Gasteiger partial charge in [0.15, 0.2) is 5.78 Å². The maximum Gasteiger partial charge on any atom is 0.152 e. The van der Waals surface area contributed by atoms with Crippen LogP contribution in [-0.2, 0) is 4.79 Å². The molecule has 1 aromatic carbocycles. The number of rotatable bonds is 3. The molecule has 0 heterocycles. The maximum atomic E-state index is 13.5. The van der Waals surface area contributed by atoms with E-state index in [0.29, 0.717) is 11.3 Å². The predicted octanol–water partition coefficient (Wildman–Crippen LogP) is 2.74. The number of hydrogen-bond acceptors (Lipinski definition) is 2. The molecule has 0 bridgehead atoms. The Labute approximate surface area is 88.4 Å². The van der Waals surface area contributed by atoms with Gasteiger partial charge >= 0.3 is 0 Å². The molecule has 0 radical (unpaired) electrons. The number of benzene rings is 1. The van der Waals surface area contributed by atoms with Gasteiger partial charge in [0.2, 0.25) is 0 Å². The van der Waals surface area contributed by atoms with E-state index < -0.39 is 0 Å². The number of methoxy groups -OCH3 is 1. The Kier molecular flexibility index (Phi) is 3.61. The second-order valence-electron chi connectivity index (χ2n) is 3.31. The average Bonchev–Trinajstić information content (AvgIpc) is 2.14. The molecule has 0 fully saturated rings. The van der Waals surface area contributed by atoms with Crippen molar-refractivity contribution >= 4 is 11.9 Å². The summed E-state index contributed by atoms with van der Waals surface area (Å²) in [5.74, 6) is -0.0774. The van der Waals surface area contributed by atoms with Crippen LogP contribution in [0.25, 0.3) is 6.08 Å². The van der Waals surface area contributed by atoms with Crippen molar-refractivity contribution in [3.63, 3.8) is 0 Å². The molecule has 0 aliphatic heterocycles. The third-order valence-electron chi connectivity index (χ3n) is 1.94. The molecule has 0 atom stereocenters. The number of carbonyl (C=O) groups is 1. The van der Waals surface area contributed by atoms with Crippen molar-refractivity contribution in [3.8, 4) is 5.75 Å². The highest BCUT2D eigenvalue weighted by Crippen LogP contribution is 2.24. The first-order valence-electron chi connectivity index (χ1n) is 4.57. The lowest BCUT2D eigenvalue weighted by Crippen LogP contribution is -1.93. The van der Waals surface area contributed by atoms with E-state index in [-0.39, 0.29) is 11.6 Å². The molecule has 0 unspecified atom stereocenters. The lowest BCUT2D eigenvalue weighted by molar-refractivity contribution is -0.112. The quantitative estimate of drug-likeness (QED) is 0.714. The summed E-state index contributed by atoms with van der Waals surface area (Å²) in [7, 11) is 1.47. The molecule has 0 aromatic heterocycles. The Morgan fingerprint density at radius 3 is 2.67 bits per heavy atom. The van der Waals surface area contributed by atoms with Gasteiger partial charge in [-0.1, -0.05) is 0 Å². The number of allylic oxidation sites excluding steroid dienone is 1. The van der Waals surface area contributed by atoms with Gasteiger partial charge in [-0.15, -0.1) is 0 Å². The van der Waals surface area contributed by atoms with Crippen LogP contribution < -0.4 is 4.74 Å². The largest absolute Gasteiger partial charge is 0.496 e. The molecule has 80 valence electrons. The monoisotopic (exact) mass is 208 g/mol. The highest BCUT2D eigenvalue weighted by molar-refractivity contribution is 5.91. The van der Waals surface area contributed by atoms with Crippen LogP contribution >= 0.6 is 0 Å². The van der Waals surface area contributed by atoms with Crippen LogP contribution in [0.2, 0.25) is 0 Å². The van der Waals surface area contributed by atoms with Crippen molar-refractivity contribution in [2.45, 2.75) is 13.8 Å². The Morgan fingerprint density at radius 2 is 2.13 bits per heavy atom. The van der Waals surface area contributed by atoms with Crippen LogP contribution in [0.5, 0.6) is 5.75 Å². The van der Waals surface area contributed by atoms with Crippen molar-refractivity contribution in [1.82, 2.24) is 0 Å². The van der Waals surface area contributed by atoms with Crippen molar-refractivity contribution in [1.29, 1.82) is 0 Å². The second-order valence-corrected chi connectivity index (χ2v) is 3.31. The predicted molar refractivity (Wildman–Crippen MR) is 57.4 cm³/mol. The van der Waals surface area contributed by atoms with Gasteiger partial charge in [-0.2, -0.15) is 0 Å². The molecular formula is C12H13FO2. The van der Waals surface area contributed by atoms with Gasteiger partial charge in [0.1, 0.15) is 11.6 Å². The lowest BCUT2D eigenvalue weighted by Gasteiger charge is -2.07. The van der Waals surface area contributed by atoms with E-state index >= 15 is 0 Å². The van der Waals surface area contributed by atoms with Crippen LogP contribution in [0.15, 0.2) is 18.2 Å². The Morgan fingerprint density at radius 1 is 1.47 bits per heavy atom. The number of carbonyl (C=O) groups excluding carboxylic acids is 1. The maximum absolute atomic E-state index is 13.5. The summed E-state index contributed by atoms with van der Waals surface area (Å²) in [6.07, 6.45) is 2.74. The minimum atomic E-state index is -0.385. The fourth-order valence-corrected chi connectivity index (χ4v) is 1.25. The SMILES string of the molecule is COc1cc(C)cc(F)c1/C=C/C(C)=O. The minimum absolute atomic E-state index is 0.128. The number of ketones is 1. The summed E-state index contributed by atoms with van der Waals surface area (Å²) in [6, 6.07) is 3.13. The Hall–Kier alpha value is -1.64. The minimum Gasteiger partial charge on any atom is -0.496 e. The first-order chi connectivity index (χ1) is 7.04. The van der Waals surface area contributed by atoms with Crippen molar-refractivity contribution in [2.75, 3.05) is 7.11 Å². The zero-order valence-corrected chi connectivity index (χ0v) is 9.00. The normalized spacial score (nSPS) is 10.7. The van der Waals surface area contributed by atoms with Crippen LogP contribution in [0.4, 0.5) is 4.39 Å². The van der Waals surface area contributed by atoms with E-state index in [1.807, 2.05) is 0 Å². The molecular weight excluding hydrogens is 195 g/mol. The molecule has 0 aliphatic carbocycles. The Bertz CT molecular complexity index is 408. The molecule has 0 saturated heterocycles. The van der Waals surface area contributed by atoms with Crippen molar-refractivity contribution in [3.05, 3.63) is 35.2 Å². The van der Waals surface area contributed by atoms with Crippen LogP contribution in [0, 0.1) is 12.7 Å². The highest BCUT2D eigenvalue weighted by Gasteiger charge is 2.07. The number of ether oxygens (including phenoxy) is 1. The molecule has 15 heavy (non-hydrogen) atoms. The van der Waals surface area contributed by atoms with E-state index in [4.69, 9.17) is 4.74 Å². The van der Waals surface area contributed by atoms with Crippen LogP contribution in [-0.4, -0.2) is 12.9 Å². The molecule has 0 amide bonds. The zero-order valence-electron chi connectivity index (χ0n) is 9.00. The number of aryl methyl sites for hydroxylation is 1. The summed E-state index contributed by atoms with van der Waals surface area (Å²) in [5, 5.41) is 0. The topological polar surface area (TPSA) is 26.3 Å². The first kappa shape index (κ1) is 11.4. The highest BCUT2D eigenvalue weighted by atomic mass is 19.1. The lowest BCUT2D eigenvalue weighted by atomic mass is 10.1. The third kappa shape index (κ3) is 2.91. The first-order valence-corrected chi connectivity index (χ1v) is 4.57. The third-order valence-corrected chi connectivity index (χ3v) is 1.94. The molecule has 0 spiro atoms. The molecule has 0 saturated carbocycles. The van der Waals surface area contributed by atoms with Gasteiger partial charge in [0.05, 0.1) is 12.7 Å². The van der Waals surface area contributed by atoms with E-state index in [1.165, 1.54) is 32.3 Å². The van der Waals surface area contributed by atoms with Crippen LogP contribution in [0.3, 0.4) is 0 Å². The molecule has 1 aromatic rings. The smallest absolute Gasteiger partial charge is 0.152 e. The van der Waals surface area contributed by atoms with Crippen molar-refractivity contribution < 1.29 is 13.9 Å². The summed E-state index contributed by atoms with van der Waals surface area (Å²) >= 11 is 0. The summed E-state index contributed by atoms with van der Waals surface area (Å²) in [6.45, 7) is 3.19. The van der Waals surface area contributed by atoms with Crippen molar-refractivity contribution in [2.24, 2.45) is 0 Å². The van der Waals surface area contributed by atoms with Gasteiger partial charge < -0.3 is 4.74 Å². The Balaban J connectivity index is 3.20. The van der Waals surface area contributed by atoms with E-state index in [9.17, 15) is 9.18 Å². The van der Waals surface area contributed by atoms with Gasteiger partial charge in [-0.25, -0.2) is 4.39 Å². The van der Waals surface area contributed by atoms with E-state index in [2.05, 4.69) is 0 Å². The van der Waals surface area contributed by atoms with E-state index in [1.54, 1.807) is 13.0 Å². The summed E-state index contributed by atoms with van der Waals surface area (Å²) in [5.41, 5.74) is 1.09. The van der Waals surface area contributed by atoms with Gasteiger partial charge in [-0.05, 0) is 43.7 Å². The molecule has 3 heteroatoms. The summed E-state index contributed by atoms with van der Waals surface area (Å²) < 4.78 is 18.5. The fourth-order valence-electron chi connectivity index (χ4n) is 1.25. The molecule has 2 nitrogen and oxygen atoms in total. The molecule has 1 rings (SSSR count). The number of hydrogen-bond donors (Lipinski definition) is 0. The fraction of sp³-hybridized carbons (Fsp3) is 0.250. The molecule has 0 aliphatic rings. The standard InChI is InChI=1S/C12H13FO2/c1-8-6-11(13)10(5-4-9(2)14)12(7-8)15-3/h4-7H,1-3H3/b5-4+. The van der Waals surface area contributed by atoms with Gasteiger partial charge in [0.25, 0.3) is 0 Å². The molecule has 0 N–H and O–H groups in total. The number of halogens is 1.